The number of fused-ring (bicyclic) bond motifs is 12. The molecule has 4 aromatic heterocycles. The van der Waals surface area contributed by atoms with Gasteiger partial charge in [0.2, 0.25) is 0 Å². The van der Waals surface area contributed by atoms with E-state index >= 15 is 0 Å². The van der Waals surface area contributed by atoms with Gasteiger partial charge in [-0.2, -0.15) is 0 Å². The van der Waals surface area contributed by atoms with Crippen LogP contribution in [0, 0.1) is 0 Å². The number of furan rings is 3. The average molecular weight is 972 g/mol. The third-order valence-corrected chi connectivity index (χ3v) is 15.7. The molecule has 0 fully saturated rings. The van der Waals surface area contributed by atoms with E-state index in [1.807, 2.05) is 72.8 Å². The van der Waals surface area contributed by atoms with E-state index in [2.05, 4.69) is 176 Å². The van der Waals surface area contributed by atoms with E-state index in [4.69, 9.17) is 28.2 Å². The van der Waals surface area contributed by atoms with Crippen LogP contribution in [0.4, 0.5) is 0 Å². The van der Waals surface area contributed by atoms with E-state index < -0.39 is 5.41 Å². The maximum absolute atomic E-state index is 6.65. The first-order valence-electron chi connectivity index (χ1n) is 25.7. The molecule has 354 valence electrons. The van der Waals surface area contributed by atoms with Crippen molar-refractivity contribution in [2.24, 2.45) is 0 Å². The van der Waals surface area contributed by atoms with Gasteiger partial charge < -0.3 is 13.3 Å². The number of aromatic nitrogens is 3. The maximum Gasteiger partial charge on any atom is 0.167 e. The second-order valence-corrected chi connectivity index (χ2v) is 19.7. The third kappa shape index (κ3) is 6.19. The Kier molecular flexibility index (Phi) is 9.15. The highest BCUT2D eigenvalue weighted by Gasteiger charge is 2.46. The summed E-state index contributed by atoms with van der Waals surface area (Å²) in [6.45, 7) is 0. The molecule has 6 nitrogen and oxygen atoms in total. The van der Waals surface area contributed by atoms with Crippen LogP contribution in [0.25, 0.3) is 133 Å². The van der Waals surface area contributed by atoms with Gasteiger partial charge in [0, 0.05) is 43.4 Å². The number of benzene rings is 11. The van der Waals surface area contributed by atoms with Crippen LogP contribution >= 0.6 is 0 Å². The van der Waals surface area contributed by atoms with Gasteiger partial charge in [-0.05, 0) is 98.1 Å². The molecule has 0 aliphatic heterocycles. The molecule has 4 heterocycles. The number of para-hydroxylation sites is 3. The summed E-state index contributed by atoms with van der Waals surface area (Å²) in [5.74, 6) is 1.54. The Morgan fingerprint density at radius 2 is 0.737 bits per heavy atom. The van der Waals surface area contributed by atoms with Gasteiger partial charge in [0.1, 0.15) is 33.5 Å². The summed E-state index contributed by atoms with van der Waals surface area (Å²) >= 11 is 0. The molecule has 0 radical (unpaired) electrons. The normalized spacial score (nSPS) is 12.8. The molecule has 15 aromatic rings. The van der Waals surface area contributed by atoms with Crippen LogP contribution in [0.3, 0.4) is 0 Å². The topological polar surface area (TPSA) is 78.1 Å². The molecule has 0 unspecified atom stereocenters. The summed E-state index contributed by atoms with van der Waals surface area (Å²) in [7, 11) is 0. The zero-order valence-corrected chi connectivity index (χ0v) is 40.7. The third-order valence-electron chi connectivity index (χ3n) is 15.7. The van der Waals surface area contributed by atoms with E-state index in [1.54, 1.807) is 0 Å². The van der Waals surface area contributed by atoms with Crippen LogP contribution in [-0.2, 0) is 5.41 Å². The van der Waals surface area contributed by atoms with Gasteiger partial charge in [0.25, 0.3) is 0 Å². The van der Waals surface area contributed by atoms with Gasteiger partial charge in [-0.25, -0.2) is 15.0 Å². The van der Waals surface area contributed by atoms with Crippen LogP contribution in [0.5, 0.6) is 0 Å². The standard InChI is InChI=1S/C70H41N3O3/c1-3-17-45(18-4-1)70(46-19-5-2-6-20-46)56-29-10-7-22-50(56)63-47(24-14-30-57(63)70)43-37-35-42(36-38-43)44-39-40-60-55(41-44)65-53(27-16-34-62(65)75-60)68-71-67(52-26-15-33-61-64(52)51-23-9-12-32-59(51)74-61)72-69(73-68)54-28-13-25-49-48-21-8-11-31-58(48)76-66(49)54/h1-41H. The van der Waals surface area contributed by atoms with Gasteiger partial charge in [-0.3, -0.25) is 0 Å². The molecule has 0 spiro atoms. The van der Waals surface area contributed by atoms with Crippen molar-refractivity contribution in [2.45, 2.75) is 5.41 Å². The molecule has 0 saturated heterocycles. The molecule has 1 aliphatic carbocycles. The molecule has 0 saturated carbocycles. The lowest BCUT2D eigenvalue weighted by Crippen LogP contribution is -2.28. The van der Waals surface area contributed by atoms with E-state index in [9.17, 15) is 0 Å². The van der Waals surface area contributed by atoms with Crippen molar-refractivity contribution in [1.82, 2.24) is 15.0 Å². The smallest absolute Gasteiger partial charge is 0.167 e. The highest BCUT2D eigenvalue weighted by Crippen LogP contribution is 2.58. The summed E-state index contributed by atoms with van der Waals surface area (Å²) < 4.78 is 19.6. The Bertz CT molecular complexity index is 4780. The van der Waals surface area contributed by atoms with Crippen LogP contribution in [0.15, 0.2) is 262 Å². The van der Waals surface area contributed by atoms with E-state index in [-0.39, 0.29) is 0 Å². The predicted octanol–water partition coefficient (Wildman–Crippen LogP) is 18.3. The quantitative estimate of drug-likeness (QED) is 0.158. The molecule has 16 rings (SSSR count). The van der Waals surface area contributed by atoms with Gasteiger partial charge in [0.05, 0.1) is 11.0 Å². The highest BCUT2D eigenvalue weighted by atomic mass is 16.3. The van der Waals surface area contributed by atoms with Crippen molar-refractivity contribution in [1.29, 1.82) is 0 Å². The second kappa shape index (κ2) is 16.4. The first-order valence-corrected chi connectivity index (χ1v) is 25.7. The zero-order chi connectivity index (χ0) is 49.9. The minimum atomic E-state index is -0.470. The lowest BCUT2D eigenvalue weighted by Gasteiger charge is -2.34. The minimum Gasteiger partial charge on any atom is -0.456 e. The molecule has 76 heavy (non-hydrogen) atoms. The first-order chi connectivity index (χ1) is 37.7. The molecule has 6 heteroatoms. The Balaban J connectivity index is 0.845. The van der Waals surface area contributed by atoms with Crippen molar-refractivity contribution in [3.63, 3.8) is 0 Å². The van der Waals surface area contributed by atoms with Gasteiger partial charge in [-0.15, -0.1) is 0 Å². The van der Waals surface area contributed by atoms with E-state index in [0.29, 0.717) is 17.5 Å². The lowest BCUT2D eigenvalue weighted by molar-refractivity contribution is 0.668. The van der Waals surface area contributed by atoms with Gasteiger partial charge in [0.15, 0.2) is 17.5 Å². The van der Waals surface area contributed by atoms with Crippen molar-refractivity contribution in [3.8, 4) is 67.5 Å². The summed E-state index contributed by atoms with van der Waals surface area (Å²) in [5.41, 5.74) is 18.7. The van der Waals surface area contributed by atoms with Crippen LogP contribution < -0.4 is 0 Å². The largest absolute Gasteiger partial charge is 0.456 e. The molecular formula is C70H41N3O3. The fourth-order valence-electron chi connectivity index (χ4n) is 12.4. The Labute approximate surface area is 435 Å². The number of nitrogens with zero attached hydrogens (tertiary/aromatic N) is 3. The molecular weight excluding hydrogens is 931 g/mol. The van der Waals surface area contributed by atoms with Gasteiger partial charge >= 0.3 is 0 Å². The van der Waals surface area contributed by atoms with Crippen LogP contribution in [0.1, 0.15) is 22.3 Å². The second-order valence-electron chi connectivity index (χ2n) is 19.7. The van der Waals surface area contributed by atoms with E-state index in [1.165, 1.54) is 38.9 Å². The summed E-state index contributed by atoms with van der Waals surface area (Å²) in [4.78, 5) is 16.0. The van der Waals surface area contributed by atoms with Crippen LogP contribution in [-0.4, -0.2) is 15.0 Å². The molecule has 0 N–H and O–H groups in total. The summed E-state index contributed by atoms with van der Waals surface area (Å²) in [6, 6.07) is 87.7. The molecule has 11 aromatic carbocycles. The van der Waals surface area contributed by atoms with Crippen LogP contribution in [0.2, 0.25) is 0 Å². The minimum absolute atomic E-state index is 0.470. The number of rotatable bonds is 7. The fourth-order valence-corrected chi connectivity index (χ4v) is 12.4. The number of hydrogen-bond acceptors (Lipinski definition) is 6. The summed E-state index contributed by atoms with van der Waals surface area (Å²) in [6.07, 6.45) is 0. The predicted molar refractivity (Wildman–Crippen MR) is 306 cm³/mol. The van der Waals surface area contributed by atoms with Gasteiger partial charge in [-0.1, -0.05) is 206 Å². The monoisotopic (exact) mass is 971 g/mol. The molecule has 0 bridgehead atoms. The van der Waals surface area contributed by atoms with E-state index in [0.717, 1.165) is 99.2 Å². The highest BCUT2D eigenvalue weighted by molar-refractivity contribution is 6.15. The molecule has 0 atom stereocenters. The lowest BCUT2D eigenvalue weighted by atomic mass is 9.67. The molecule has 0 amide bonds. The number of hydrogen-bond donors (Lipinski definition) is 0. The summed E-state index contributed by atoms with van der Waals surface area (Å²) in [5, 5.41) is 5.85. The van der Waals surface area contributed by atoms with Crippen molar-refractivity contribution < 1.29 is 13.3 Å². The zero-order valence-electron chi connectivity index (χ0n) is 40.7. The SMILES string of the molecule is c1ccc(C2(c3ccccc3)c3ccccc3-c3c(-c4ccc(-c5ccc6oc7cccc(-c8nc(-c9cccc%10c9oc9ccccc9%10)nc(-c9cccc%10oc%11ccccc%11c9%10)n8)c7c6c5)cc4)cccc32)cc1. The fraction of sp³-hybridized carbons (Fsp3) is 0.0143. The average Bonchev–Trinajstić information content (AvgIpc) is 4.30. The molecule has 1 aliphatic rings. The maximum atomic E-state index is 6.65. The van der Waals surface area contributed by atoms with Crippen molar-refractivity contribution in [2.75, 3.05) is 0 Å². The van der Waals surface area contributed by atoms with Crippen molar-refractivity contribution >= 4 is 65.8 Å². The Hall–Kier alpha value is -10.2. The Morgan fingerprint density at radius 3 is 1.45 bits per heavy atom. The van der Waals surface area contributed by atoms with Crippen molar-refractivity contribution in [3.05, 3.63) is 271 Å². The first kappa shape index (κ1) is 42.3. The Morgan fingerprint density at radius 1 is 0.276 bits per heavy atom.